The lowest BCUT2D eigenvalue weighted by Gasteiger charge is -2.10. The molecule has 0 bridgehead atoms. The highest BCUT2D eigenvalue weighted by Gasteiger charge is 2.08. The second-order valence-electron chi connectivity index (χ2n) is 3.32. The molecule has 0 aliphatic carbocycles. The molecule has 2 rings (SSSR count). The van der Waals surface area contributed by atoms with Gasteiger partial charge in [0.2, 0.25) is 0 Å². The van der Waals surface area contributed by atoms with Crippen molar-refractivity contribution in [2.75, 3.05) is 7.11 Å². The van der Waals surface area contributed by atoms with E-state index < -0.39 is 0 Å². The first kappa shape index (κ1) is 11.9. The van der Waals surface area contributed by atoms with Crippen LogP contribution < -0.4 is 4.74 Å². The Bertz CT molecular complexity index is 511. The van der Waals surface area contributed by atoms with Crippen molar-refractivity contribution in [1.82, 2.24) is 0 Å². The standard InChI is InChI=1S/C13H10BrIO/c1-16-13-7-6-9(14)8-11(13)10-4-2-3-5-12(10)15/h2-8H,1H3. The Morgan fingerprint density at radius 3 is 2.50 bits per heavy atom. The van der Waals surface area contributed by atoms with Crippen LogP contribution in [-0.4, -0.2) is 7.11 Å². The van der Waals surface area contributed by atoms with Crippen LogP contribution in [0.25, 0.3) is 11.1 Å². The van der Waals surface area contributed by atoms with Gasteiger partial charge in [-0.25, -0.2) is 0 Å². The number of hydrogen-bond donors (Lipinski definition) is 0. The number of hydrogen-bond acceptors (Lipinski definition) is 1. The Morgan fingerprint density at radius 1 is 1.06 bits per heavy atom. The summed E-state index contributed by atoms with van der Waals surface area (Å²) in [7, 11) is 1.70. The normalized spacial score (nSPS) is 10.2. The van der Waals surface area contributed by atoms with Crippen molar-refractivity contribution in [2.45, 2.75) is 0 Å². The molecule has 0 spiro atoms. The third-order valence-electron chi connectivity index (χ3n) is 2.33. The Balaban J connectivity index is 2.63. The fraction of sp³-hybridized carbons (Fsp3) is 0.0769. The van der Waals surface area contributed by atoms with Gasteiger partial charge in [0.05, 0.1) is 7.11 Å². The lowest BCUT2D eigenvalue weighted by atomic mass is 10.1. The van der Waals surface area contributed by atoms with Gasteiger partial charge in [-0.1, -0.05) is 34.1 Å². The summed E-state index contributed by atoms with van der Waals surface area (Å²) >= 11 is 5.83. The molecule has 0 saturated carbocycles. The van der Waals surface area contributed by atoms with Gasteiger partial charge in [-0.15, -0.1) is 0 Å². The van der Waals surface area contributed by atoms with E-state index in [1.54, 1.807) is 7.11 Å². The Morgan fingerprint density at radius 2 is 1.81 bits per heavy atom. The largest absolute Gasteiger partial charge is 0.496 e. The topological polar surface area (TPSA) is 9.23 Å². The summed E-state index contributed by atoms with van der Waals surface area (Å²) in [4.78, 5) is 0. The molecule has 0 aliphatic rings. The maximum absolute atomic E-state index is 5.39. The summed E-state index contributed by atoms with van der Waals surface area (Å²) in [5.41, 5.74) is 2.31. The average molecular weight is 389 g/mol. The summed E-state index contributed by atoms with van der Waals surface area (Å²) < 4.78 is 7.66. The minimum atomic E-state index is 0.896. The van der Waals surface area contributed by atoms with E-state index in [4.69, 9.17) is 4.74 Å². The van der Waals surface area contributed by atoms with Crippen LogP contribution >= 0.6 is 38.5 Å². The second-order valence-corrected chi connectivity index (χ2v) is 5.40. The van der Waals surface area contributed by atoms with Crippen molar-refractivity contribution < 1.29 is 4.74 Å². The van der Waals surface area contributed by atoms with Crippen LogP contribution in [0.2, 0.25) is 0 Å². The fourth-order valence-electron chi connectivity index (χ4n) is 1.57. The highest BCUT2D eigenvalue weighted by Crippen LogP contribution is 2.34. The van der Waals surface area contributed by atoms with Crippen LogP contribution in [0.4, 0.5) is 0 Å². The highest BCUT2D eigenvalue weighted by molar-refractivity contribution is 14.1. The first-order valence-electron chi connectivity index (χ1n) is 4.81. The molecule has 0 N–H and O–H groups in total. The van der Waals surface area contributed by atoms with Crippen LogP contribution in [0.5, 0.6) is 5.75 Å². The van der Waals surface area contributed by atoms with Crippen LogP contribution in [0.15, 0.2) is 46.9 Å². The summed E-state index contributed by atoms with van der Waals surface area (Å²) in [6.07, 6.45) is 0. The van der Waals surface area contributed by atoms with Gasteiger partial charge in [-0.2, -0.15) is 0 Å². The monoisotopic (exact) mass is 388 g/mol. The lowest BCUT2D eigenvalue weighted by molar-refractivity contribution is 0.416. The number of benzene rings is 2. The van der Waals surface area contributed by atoms with Gasteiger partial charge >= 0.3 is 0 Å². The molecule has 2 aromatic carbocycles. The zero-order valence-electron chi connectivity index (χ0n) is 8.71. The molecule has 0 atom stereocenters. The summed E-state index contributed by atoms with van der Waals surface area (Å²) in [5, 5.41) is 0. The predicted octanol–water partition coefficient (Wildman–Crippen LogP) is 4.73. The fourth-order valence-corrected chi connectivity index (χ4v) is 2.61. The molecule has 0 radical (unpaired) electrons. The molecule has 0 heterocycles. The van der Waals surface area contributed by atoms with Crippen molar-refractivity contribution in [3.8, 4) is 16.9 Å². The zero-order chi connectivity index (χ0) is 11.5. The second kappa shape index (κ2) is 5.19. The summed E-state index contributed by atoms with van der Waals surface area (Å²) in [6.45, 7) is 0. The molecule has 0 amide bonds. The molecule has 0 unspecified atom stereocenters. The molecule has 1 nitrogen and oxygen atoms in total. The molecule has 3 heteroatoms. The lowest BCUT2D eigenvalue weighted by Crippen LogP contribution is -1.89. The minimum Gasteiger partial charge on any atom is -0.496 e. The Kier molecular flexibility index (Phi) is 3.86. The van der Waals surface area contributed by atoms with Crippen LogP contribution in [0.3, 0.4) is 0 Å². The van der Waals surface area contributed by atoms with E-state index in [2.05, 4.69) is 56.7 Å². The maximum atomic E-state index is 5.39. The first-order chi connectivity index (χ1) is 7.72. The number of rotatable bonds is 2. The van der Waals surface area contributed by atoms with Gasteiger partial charge in [0.25, 0.3) is 0 Å². The molecule has 2 aromatic rings. The van der Waals surface area contributed by atoms with Crippen LogP contribution in [0.1, 0.15) is 0 Å². The highest BCUT2D eigenvalue weighted by atomic mass is 127. The molecule has 82 valence electrons. The first-order valence-corrected chi connectivity index (χ1v) is 6.68. The van der Waals surface area contributed by atoms with E-state index in [9.17, 15) is 0 Å². The zero-order valence-corrected chi connectivity index (χ0v) is 12.4. The smallest absolute Gasteiger partial charge is 0.126 e. The van der Waals surface area contributed by atoms with E-state index >= 15 is 0 Å². The number of halogens is 2. The summed E-state index contributed by atoms with van der Waals surface area (Å²) in [6, 6.07) is 14.3. The SMILES string of the molecule is COc1ccc(Br)cc1-c1ccccc1I. The molecular formula is C13H10BrIO. The quantitative estimate of drug-likeness (QED) is 0.676. The third kappa shape index (κ3) is 2.40. The van der Waals surface area contributed by atoms with E-state index in [1.807, 2.05) is 24.3 Å². The molecular weight excluding hydrogens is 379 g/mol. The van der Waals surface area contributed by atoms with Crippen molar-refractivity contribution in [1.29, 1.82) is 0 Å². The molecule has 0 fully saturated rings. The van der Waals surface area contributed by atoms with Crippen LogP contribution in [0, 0.1) is 3.57 Å². The Labute approximate surface area is 117 Å². The molecule has 0 aromatic heterocycles. The van der Waals surface area contributed by atoms with Crippen molar-refractivity contribution in [3.63, 3.8) is 0 Å². The number of methoxy groups -OCH3 is 1. The van der Waals surface area contributed by atoms with E-state index in [-0.39, 0.29) is 0 Å². The van der Waals surface area contributed by atoms with E-state index in [0.29, 0.717) is 0 Å². The van der Waals surface area contributed by atoms with Crippen molar-refractivity contribution in [2.24, 2.45) is 0 Å². The van der Waals surface area contributed by atoms with Gasteiger partial charge in [0, 0.05) is 13.6 Å². The molecule has 0 saturated heterocycles. The van der Waals surface area contributed by atoms with Gasteiger partial charge in [-0.05, 0) is 52.4 Å². The maximum Gasteiger partial charge on any atom is 0.126 e. The van der Waals surface area contributed by atoms with Gasteiger partial charge in [0.15, 0.2) is 0 Å². The number of ether oxygens (including phenoxy) is 1. The third-order valence-corrected chi connectivity index (χ3v) is 3.76. The van der Waals surface area contributed by atoms with Crippen molar-refractivity contribution in [3.05, 3.63) is 50.5 Å². The molecule has 16 heavy (non-hydrogen) atoms. The van der Waals surface area contributed by atoms with E-state index in [1.165, 1.54) is 9.13 Å². The van der Waals surface area contributed by atoms with E-state index in [0.717, 1.165) is 15.8 Å². The van der Waals surface area contributed by atoms with Crippen molar-refractivity contribution >= 4 is 38.5 Å². The van der Waals surface area contributed by atoms with Crippen LogP contribution in [-0.2, 0) is 0 Å². The Hall–Kier alpha value is -0.550. The van der Waals surface area contributed by atoms with Gasteiger partial charge in [0.1, 0.15) is 5.75 Å². The minimum absolute atomic E-state index is 0.896. The average Bonchev–Trinajstić information content (AvgIpc) is 2.29. The predicted molar refractivity (Wildman–Crippen MR) is 78.8 cm³/mol. The van der Waals surface area contributed by atoms with Gasteiger partial charge in [-0.3, -0.25) is 0 Å². The summed E-state index contributed by atoms with van der Waals surface area (Å²) in [5.74, 6) is 0.896. The van der Waals surface area contributed by atoms with Gasteiger partial charge < -0.3 is 4.74 Å². The molecule has 0 aliphatic heterocycles.